The van der Waals surface area contributed by atoms with Crippen LogP contribution in [0.5, 0.6) is 0 Å². The highest BCUT2D eigenvalue weighted by Gasteiger charge is 2.67. The molecule has 1 aliphatic carbocycles. The third kappa shape index (κ3) is 1.82. The molecule has 1 saturated carbocycles. The lowest BCUT2D eigenvalue weighted by atomic mass is 10.2. The highest BCUT2D eigenvalue weighted by Crippen LogP contribution is 2.53. The van der Waals surface area contributed by atoms with Crippen molar-refractivity contribution in [1.82, 2.24) is 0 Å². The number of ether oxygens (including phenoxy) is 2. The van der Waals surface area contributed by atoms with Crippen molar-refractivity contribution in [2.24, 2.45) is 0 Å². The van der Waals surface area contributed by atoms with Gasteiger partial charge in [0.15, 0.2) is 11.2 Å². The summed E-state index contributed by atoms with van der Waals surface area (Å²) in [6.07, 6.45) is 0.569. The summed E-state index contributed by atoms with van der Waals surface area (Å²) in [5.74, 6) is -0.697. The average Bonchev–Trinajstić information content (AvgIpc) is 2.27. The fourth-order valence-corrected chi connectivity index (χ4v) is 1.52. The van der Waals surface area contributed by atoms with Crippen LogP contribution in [0.25, 0.3) is 0 Å². The third-order valence-corrected chi connectivity index (χ3v) is 2.41. The largest absolute Gasteiger partial charge is 0.455 e. The zero-order valence-electron chi connectivity index (χ0n) is 8.34. The molecule has 0 aromatic heterocycles. The Kier molecular flexibility index (Phi) is 2.10. The Hall–Kier alpha value is -1.06. The summed E-state index contributed by atoms with van der Waals surface area (Å²) in [4.78, 5) is 21.4. The van der Waals surface area contributed by atoms with Gasteiger partial charge in [-0.2, -0.15) is 0 Å². The molecule has 0 amide bonds. The van der Waals surface area contributed by atoms with E-state index >= 15 is 0 Å². The number of carbonyl (C=O) groups excluding carboxylic acids is 2. The summed E-state index contributed by atoms with van der Waals surface area (Å²) in [6, 6.07) is 0. The predicted molar refractivity (Wildman–Crippen MR) is 45.0 cm³/mol. The van der Waals surface area contributed by atoms with Gasteiger partial charge in [-0.15, -0.1) is 0 Å². The highest BCUT2D eigenvalue weighted by atomic mass is 16.6. The normalized spacial score (nSPS) is 36.6. The lowest BCUT2D eigenvalue weighted by Gasteiger charge is -2.18. The van der Waals surface area contributed by atoms with E-state index in [1.54, 1.807) is 13.8 Å². The van der Waals surface area contributed by atoms with Crippen molar-refractivity contribution in [1.29, 1.82) is 0 Å². The van der Waals surface area contributed by atoms with E-state index in [1.165, 1.54) is 13.8 Å². The quantitative estimate of drug-likeness (QED) is 0.604. The zero-order valence-corrected chi connectivity index (χ0v) is 8.34. The second-order valence-corrected chi connectivity index (χ2v) is 3.83. The van der Waals surface area contributed by atoms with Crippen LogP contribution in [0.15, 0.2) is 0 Å². The molecular formula is C9H14O4. The molecule has 0 radical (unpaired) electrons. The number of carbonyl (C=O) groups is 2. The van der Waals surface area contributed by atoms with Gasteiger partial charge in [0.05, 0.1) is 0 Å². The van der Waals surface area contributed by atoms with E-state index in [4.69, 9.17) is 9.47 Å². The Balaban J connectivity index is 2.58. The summed E-state index contributed by atoms with van der Waals surface area (Å²) >= 11 is 0. The van der Waals surface area contributed by atoms with Gasteiger partial charge >= 0.3 is 11.9 Å². The molecule has 0 aromatic carbocycles. The fourth-order valence-electron chi connectivity index (χ4n) is 1.52. The van der Waals surface area contributed by atoms with Crippen LogP contribution in [0.3, 0.4) is 0 Å². The summed E-state index contributed by atoms with van der Waals surface area (Å²) < 4.78 is 10.1. The molecule has 0 saturated heterocycles. The van der Waals surface area contributed by atoms with Crippen molar-refractivity contribution >= 4 is 11.9 Å². The minimum atomic E-state index is -0.634. The molecule has 74 valence electrons. The number of esters is 2. The van der Waals surface area contributed by atoms with Crippen LogP contribution in [-0.4, -0.2) is 23.1 Å². The highest BCUT2D eigenvalue weighted by molar-refractivity contribution is 5.69. The summed E-state index contributed by atoms with van der Waals surface area (Å²) in [5.41, 5.74) is -1.27. The summed E-state index contributed by atoms with van der Waals surface area (Å²) in [6.45, 7) is 6.21. The fraction of sp³-hybridized carbons (Fsp3) is 0.778. The number of rotatable bonds is 2. The average molecular weight is 186 g/mol. The van der Waals surface area contributed by atoms with E-state index in [0.717, 1.165) is 0 Å². The number of hydrogen-bond donors (Lipinski definition) is 0. The van der Waals surface area contributed by atoms with Crippen molar-refractivity contribution in [2.75, 3.05) is 0 Å². The Morgan fingerprint density at radius 3 is 1.54 bits per heavy atom. The molecule has 1 rings (SSSR count). The molecule has 13 heavy (non-hydrogen) atoms. The van der Waals surface area contributed by atoms with E-state index in [1.807, 2.05) is 0 Å². The van der Waals surface area contributed by atoms with Gasteiger partial charge in [0.1, 0.15) is 0 Å². The smallest absolute Gasteiger partial charge is 0.303 e. The molecule has 0 spiro atoms. The van der Waals surface area contributed by atoms with Gasteiger partial charge in [-0.05, 0) is 13.8 Å². The second-order valence-electron chi connectivity index (χ2n) is 3.83. The molecule has 0 heterocycles. The van der Waals surface area contributed by atoms with Gasteiger partial charge < -0.3 is 9.47 Å². The molecule has 0 N–H and O–H groups in total. The first kappa shape index (κ1) is 10.0. The van der Waals surface area contributed by atoms with E-state index < -0.39 is 11.2 Å². The van der Waals surface area contributed by atoms with Gasteiger partial charge in [0, 0.05) is 20.3 Å². The van der Waals surface area contributed by atoms with E-state index in [2.05, 4.69) is 0 Å². The molecule has 0 aromatic rings. The van der Waals surface area contributed by atoms with Crippen molar-refractivity contribution in [3.05, 3.63) is 0 Å². The van der Waals surface area contributed by atoms with Crippen molar-refractivity contribution in [3.8, 4) is 0 Å². The SMILES string of the molecule is CC(=O)O[C@]1(C)C[C@]1(C)OC(C)=O. The van der Waals surface area contributed by atoms with Crippen LogP contribution in [-0.2, 0) is 19.1 Å². The molecule has 0 aliphatic heterocycles. The van der Waals surface area contributed by atoms with Crippen LogP contribution >= 0.6 is 0 Å². The first-order chi connectivity index (χ1) is 5.79. The predicted octanol–water partition coefficient (Wildman–Crippen LogP) is 1.03. The number of hydrogen-bond acceptors (Lipinski definition) is 4. The van der Waals surface area contributed by atoms with Gasteiger partial charge in [-0.25, -0.2) is 0 Å². The van der Waals surface area contributed by atoms with E-state index in [-0.39, 0.29) is 11.9 Å². The zero-order chi connectivity index (χ0) is 10.3. The molecule has 0 bridgehead atoms. The first-order valence-corrected chi connectivity index (χ1v) is 4.18. The Morgan fingerprint density at radius 2 is 1.31 bits per heavy atom. The minimum absolute atomic E-state index is 0.349. The van der Waals surface area contributed by atoms with Gasteiger partial charge in [0.2, 0.25) is 0 Å². The van der Waals surface area contributed by atoms with Crippen molar-refractivity contribution in [2.45, 2.75) is 45.3 Å². The topological polar surface area (TPSA) is 52.6 Å². The summed E-state index contributed by atoms with van der Waals surface area (Å²) in [7, 11) is 0. The first-order valence-electron chi connectivity index (χ1n) is 4.18. The lowest BCUT2D eigenvalue weighted by molar-refractivity contribution is -0.162. The van der Waals surface area contributed by atoms with Crippen LogP contribution in [0.1, 0.15) is 34.1 Å². The van der Waals surface area contributed by atoms with E-state index in [0.29, 0.717) is 6.42 Å². The van der Waals surface area contributed by atoms with Crippen LogP contribution in [0.4, 0.5) is 0 Å². The molecular weight excluding hydrogens is 172 g/mol. The van der Waals surface area contributed by atoms with Crippen LogP contribution < -0.4 is 0 Å². The second kappa shape index (κ2) is 2.72. The van der Waals surface area contributed by atoms with Crippen molar-refractivity contribution in [3.63, 3.8) is 0 Å². The Labute approximate surface area is 77.2 Å². The maximum Gasteiger partial charge on any atom is 0.303 e. The van der Waals surface area contributed by atoms with Gasteiger partial charge in [-0.1, -0.05) is 0 Å². The van der Waals surface area contributed by atoms with E-state index in [9.17, 15) is 9.59 Å². The van der Waals surface area contributed by atoms with Crippen LogP contribution in [0, 0.1) is 0 Å². The molecule has 4 heteroatoms. The molecule has 1 aliphatic rings. The molecule has 2 atom stereocenters. The van der Waals surface area contributed by atoms with Gasteiger partial charge in [0.25, 0.3) is 0 Å². The Morgan fingerprint density at radius 1 is 1.00 bits per heavy atom. The molecule has 1 fully saturated rings. The third-order valence-electron chi connectivity index (χ3n) is 2.41. The van der Waals surface area contributed by atoms with Gasteiger partial charge in [-0.3, -0.25) is 9.59 Å². The minimum Gasteiger partial charge on any atom is -0.455 e. The maximum atomic E-state index is 10.7. The van der Waals surface area contributed by atoms with Crippen LogP contribution in [0.2, 0.25) is 0 Å². The summed E-state index contributed by atoms with van der Waals surface area (Å²) in [5, 5.41) is 0. The molecule has 4 nitrogen and oxygen atoms in total. The van der Waals surface area contributed by atoms with Crippen molar-refractivity contribution < 1.29 is 19.1 Å². The molecule has 0 unspecified atom stereocenters. The maximum absolute atomic E-state index is 10.7. The Bertz CT molecular complexity index is 234. The monoisotopic (exact) mass is 186 g/mol. The lowest BCUT2D eigenvalue weighted by Crippen LogP contribution is -2.29. The standard InChI is InChI=1S/C9H14O4/c1-6(10)12-8(3)5-9(8,4)13-7(2)11/h5H2,1-4H3/t8-,9+.